The van der Waals surface area contributed by atoms with Crippen molar-refractivity contribution in [2.45, 2.75) is 25.5 Å². The molecule has 3 aromatic heterocycles. The van der Waals surface area contributed by atoms with E-state index < -0.39 is 0 Å². The Morgan fingerprint density at radius 1 is 1.33 bits per heavy atom. The van der Waals surface area contributed by atoms with Gasteiger partial charge in [0.05, 0.1) is 10.6 Å². The summed E-state index contributed by atoms with van der Waals surface area (Å²) in [6.07, 6.45) is 0. The molecule has 9 nitrogen and oxygen atoms in total. The molecule has 1 aliphatic rings. The number of thioether (sulfide) groups is 1. The zero-order valence-electron chi connectivity index (χ0n) is 16.7. The van der Waals surface area contributed by atoms with Gasteiger partial charge in [-0.3, -0.25) is 4.79 Å². The molecule has 30 heavy (non-hydrogen) atoms. The Kier molecular flexibility index (Phi) is 6.06. The molecule has 0 radical (unpaired) electrons. The molecular weight excluding hydrogens is 422 g/mol. The van der Waals surface area contributed by atoms with E-state index in [-0.39, 0.29) is 5.91 Å². The SMILES string of the molecule is CCn1c(SCC(=O)N2CCN(c3oc(C)nc3C#N)CC2)nnc1-c1cccs1. The number of aromatic nitrogens is 4. The van der Waals surface area contributed by atoms with Crippen LogP contribution >= 0.6 is 23.1 Å². The van der Waals surface area contributed by atoms with Crippen molar-refractivity contribution in [3.8, 4) is 16.8 Å². The Bertz CT molecular complexity index is 1060. The number of hydrogen-bond acceptors (Lipinski definition) is 9. The second-order valence-corrected chi connectivity index (χ2v) is 8.57. The minimum atomic E-state index is 0.0669. The van der Waals surface area contributed by atoms with Crippen molar-refractivity contribution in [2.24, 2.45) is 0 Å². The lowest BCUT2D eigenvalue weighted by Crippen LogP contribution is -2.49. The van der Waals surface area contributed by atoms with E-state index in [0.717, 1.165) is 22.4 Å². The molecule has 0 aromatic carbocycles. The number of carbonyl (C=O) groups excluding carboxylic acids is 1. The lowest BCUT2D eigenvalue weighted by atomic mass is 10.3. The Morgan fingerprint density at radius 3 is 2.80 bits per heavy atom. The molecule has 1 amide bonds. The Hall–Kier alpha value is -2.84. The number of anilines is 1. The standard InChI is InChI=1S/C19H21N7O2S2/c1-3-26-17(15-5-4-10-29-15)22-23-19(26)30-12-16(27)24-6-8-25(9-7-24)18-14(11-20)21-13(2)28-18/h4-5,10H,3,6-9,12H2,1-2H3. The van der Waals surface area contributed by atoms with Crippen molar-refractivity contribution < 1.29 is 9.21 Å². The van der Waals surface area contributed by atoms with E-state index in [4.69, 9.17) is 4.42 Å². The molecule has 0 N–H and O–H groups in total. The molecule has 156 valence electrons. The third kappa shape index (κ3) is 4.06. The van der Waals surface area contributed by atoms with Crippen LogP contribution in [0.25, 0.3) is 10.7 Å². The van der Waals surface area contributed by atoms with Crippen LogP contribution < -0.4 is 4.90 Å². The van der Waals surface area contributed by atoms with Crippen LogP contribution in [0.15, 0.2) is 27.1 Å². The molecule has 0 saturated carbocycles. The van der Waals surface area contributed by atoms with Crippen LogP contribution in [0, 0.1) is 18.3 Å². The predicted molar refractivity (Wildman–Crippen MR) is 114 cm³/mol. The van der Waals surface area contributed by atoms with Crippen LogP contribution in [0.1, 0.15) is 18.5 Å². The molecule has 0 unspecified atom stereocenters. The summed E-state index contributed by atoms with van der Waals surface area (Å²) in [6, 6.07) is 6.08. The summed E-state index contributed by atoms with van der Waals surface area (Å²) in [7, 11) is 0. The maximum Gasteiger partial charge on any atom is 0.234 e. The first-order valence-electron chi connectivity index (χ1n) is 9.60. The third-order valence-corrected chi connectivity index (χ3v) is 6.66. The summed E-state index contributed by atoms with van der Waals surface area (Å²) in [5.74, 6) is 2.18. The van der Waals surface area contributed by atoms with Crippen molar-refractivity contribution in [3.63, 3.8) is 0 Å². The van der Waals surface area contributed by atoms with E-state index in [1.54, 1.807) is 18.3 Å². The predicted octanol–water partition coefficient (Wildman–Crippen LogP) is 2.64. The lowest BCUT2D eigenvalue weighted by molar-refractivity contribution is -0.128. The number of oxazole rings is 1. The van der Waals surface area contributed by atoms with Crippen molar-refractivity contribution in [3.05, 3.63) is 29.1 Å². The third-order valence-electron chi connectivity index (χ3n) is 4.84. The summed E-state index contributed by atoms with van der Waals surface area (Å²) in [6.45, 7) is 6.87. The minimum absolute atomic E-state index is 0.0669. The van der Waals surface area contributed by atoms with Gasteiger partial charge in [-0.2, -0.15) is 5.26 Å². The molecule has 4 heterocycles. The van der Waals surface area contributed by atoms with Gasteiger partial charge in [-0.05, 0) is 18.4 Å². The molecule has 11 heteroatoms. The Morgan fingerprint density at radius 2 is 2.13 bits per heavy atom. The summed E-state index contributed by atoms with van der Waals surface area (Å²) < 4.78 is 7.61. The van der Waals surface area contributed by atoms with E-state index in [0.29, 0.717) is 49.4 Å². The molecule has 1 saturated heterocycles. The number of amides is 1. The van der Waals surface area contributed by atoms with E-state index in [9.17, 15) is 10.1 Å². The second kappa shape index (κ2) is 8.89. The summed E-state index contributed by atoms with van der Waals surface area (Å²) >= 11 is 3.04. The van der Waals surface area contributed by atoms with Gasteiger partial charge in [0, 0.05) is 39.6 Å². The number of piperazine rings is 1. The molecule has 4 rings (SSSR count). The number of hydrogen-bond donors (Lipinski definition) is 0. The first-order valence-corrected chi connectivity index (χ1v) is 11.5. The quantitative estimate of drug-likeness (QED) is 0.536. The summed E-state index contributed by atoms with van der Waals surface area (Å²) in [5, 5.41) is 20.6. The second-order valence-electron chi connectivity index (χ2n) is 6.68. The van der Waals surface area contributed by atoms with E-state index in [2.05, 4.69) is 21.3 Å². The molecule has 1 aliphatic heterocycles. The molecule has 0 atom stereocenters. The van der Waals surface area contributed by atoms with Gasteiger partial charge < -0.3 is 18.8 Å². The van der Waals surface area contributed by atoms with E-state index in [1.165, 1.54) is 11.8 Å². The van der Waals surface area contributed by atoms with Gasteiger partial charge in [0.15, 0.2) is 16.9 Å². The van der Waals surface area contributed by atoms with Crippen LogP contribution in [0.3, 0.4) is 0 Å². The van der Waals surface area contributed by atoms with Crippen molar-refractivity contribution in [1.82, 2.24) is 24.6 Å². The zero-order chi connectivity index (χ0) is 21.1. The first kappa shape index (κ1) is 20.4. The topological polar surface area (TPSA) is 104 Å². The largest absolute Gasteiger partial charge is 0.424 e. The highest BCUT2D eigenvalue weighted by molar-refractivity contribution is 7.99. The lowest BCUT2D eigenvalue weighted by Gasteiger charge is -2.34. The highest BCUT2D eigenvalue weighted by Gasteiger charge is 2.26. The average Bonchev–Trinajstić information content (AvgIpc) is 3.50. The highest BCUT2D eigenvalue weighted by atomic mass is 32.2. The number of thiophene rings is 1. The summed E-state index contributed by atoms with van der Waals surface area (Å²) in [5.41, 5.74) is 0.295. The van der Waals surface area contributed by atoms with Gasteiger partial charge in [-0.1, -0.05) is 17.8 Å². The van der Waals surface area contributed by atoms with E-state index in [1.807, 2.05) is 38.8 Å². The number of nitriles is 1. The minimum Gasteiger partial charge on any atom is -0.424 e. The van der Waals surface area contributed by atoms with Gasteiger partial charge in [0.25, 0.3) is 0 Å². The fourth-order valence-corrected chi connectivity index (χ4v) is 4.97. The normalized spacial score (nSPS) is 14.2. The number of rotatable bonds is 6. The Labute approximate surface area is 182 Å². The van der Waals surface area contributed by atoms with Crippen molar-refractivity contribution in [1.29, 1.82) is 5.26 Å². The van der Waals surface area contributed by atoms with Crippen LogP contribution in [0.2, 0.25) is 0 Å². The summed E-state index contributed by atoms with van der Waals surface area (Å²) in [4.78, 5) is 21.7. The van der Waals surface area contributed by atoms with Crippen LogP contribution in [-0.2, 0) is 11.3 Å². The van der Waals surface area contributed by atoms with Gasteiger partial charge in [0.1, 0.15) is 6.07 Å². The molecule has 1 fully saturated rings. The van der Waals surface area contributed by atoms with Crippen LogP contribution in [0.5, 0.6) is 0 Å². The smallest absolute Gasteiger partial charge is 0.234 e. The Balaban J connectivity index is 1.34. The van der Waals surface area contributed by atoms with Gasteiger partial charge in [-0.25, -0.2) is 4.98 Å². The maximum atomic E-state index is 12.7. The van der Waals surface area contributed by atoms with Crippen LogP contribution in [-0.4, -0.2) is 62.5 Å². The number of nitrogens with zero attached hydrogens (tertiary/aromatic N) is 7. The average molecular weight is 444 g/mol. The monoisotopic (exact) mass is 443 g/mol. The molecule has 0 spiro atoms. The zero-order valence-corrected chi connectivity index (χ0v) is 18.4. The van der Waals surface area contributed by atoms with Crippen molar-refractivity contribution in [2.75, 3.05) is 36.8 Å². The molecular formula is C19H21N7O2S2. The molecule has 0 bridgehead atoms. The first-order chi connectivity index (χ1) is 14.6. The molecule has 0 aliphatic carbocycles. The van der Waals surface area contributed by atoms with Gasteiger partial charge in [0.2, 0.25) is 17.5 Å². The number of carbonyl (C=O) groups is 1. The fourth-order valence-electron chi connectivity index (χ4n) is 3.35. The van der Waals surface area contributed by atoms with Gasteiger partial charge in [-0.15, -0.1) is 21.5 Å². The van der Waals surface area contributed by atoms with Gasteiger partial charge >= 0.3 is 0 Å². The molecule has 3 aromatic rings. The van der Waals surface area contributed by atoms with Crippen molar-refractivity contribution >= 4 is 34.9 Å². The number of aryl methyl sites for hydroxylation is 1. The fraction of sp³-hybridized carbons (Fsp3) is 0.421. The van der Waals surface area contributed by atoms with E-state index >= 15 is 0 Å². The van der Waals surface area contributed by atoms with Crippen LogP contribution in [0.4, 0.5) is 5.88 Å². The maximum absolute atomic E-state index is 12.7. The highest BCUT2D eigenvalue weighted by Crippen LogP contribution is 2.27.